The lowest BCUT2D eigenvalue weighted by molar-refractivity contribution is -0.137. The fraction of sp³-hybridized carbons (Fsp3) is 0.455. The summed E-state index contributed by atoms with van der Waals surface area (Å²) in [4.78, 5) is 0. The van der Waals surface area contributed by atoms with Gasteiger partial charge in [0.15, 0.2) is 0 Å². The third kappa shape index (κ3) is 4.44. The predicted molar refractivity (Wildman–Crippen MR) is 61.3 cm³/mol. The molecule has 0 saturated carbocycles. The molecule has 2 N–H and O–H groups in total. The predicted octanol–water partition coefficient (Wildman–Crippen LogP) is 3.54. The number of aliphatic hydroxyl groups excluding tert-OH is 1. The fourth-order valence-electron chi connectivity index (χ4n) is 1.30. The summed E-state index contributed by atoms with van der Waals surface area (Å²) < 4.78 is 37.3. The lowest BCUT2D eigenvalue weighted by atomic mass is 10.2. The minimum atomic E-state index is -4.37. The van der Waals surface area contributed by atoms with Crippen LogP contribution < -0.4 is 5.32 Å². The highest BCUT2D eigenvalue weighted by atomic mass is 35.5. The molecule has 0 spiro atoms. The molecule has 0 atom stereocenters. The molecule has 0 radical (unpaired) electrons. The first-order chi connectivity index (χ1) is 7.95. The average molecular weight is 268 g/mol. The van der Waals surface area contributed by atoms with E-state index in [0.29, 0.717) is 19.4 Å². The number of hydrogen-bond acceptors (Lipinski definition) is 2. The highest BCUT2D eigenvalue weighted by Gasteiger charge is 2.30. The normalized spacial score (nSPS) is 11.6. The molecule has 0 aliphatic carbocycles. The molecule has 0 aromatic heterocycles. The second kappa shape index (κ2) is 6.12. The largest absolute Gasteiger partial charge is 0.416 e. The van der Waals surface area contributed by atoms with Crippen molar-refractivity contribution >= 4 is 17.3 Å². The smallest absolute Gasteiger partial charge is 0.396 e. The van der Waals surface area contributed by atoms with E-state index in [1.54, 1.807) is 0 Å². The Hall–Kier alpha value is -0.940. The van der Waals surface area contributed by atoms with Gasteiger partial charge in [0.2, 0.25) is 0 Å². The standard InChI is InChI=1S/C11H13ClF3NO/c12-9-4-3-8(11(13,14)15)7-10(9)16-5-1-2-6-17/h3-4,7,16-17H,1-2,5-6H2. The van der Waals surface area contributed by atoms with E-state index in [-0.39, 0.29) is 17.3 Å². The molecule has 17 heavy (non-hydrogen) atoms. The Bertz CT molecular complexity index is 368. The minimum absolute atomic E-state index is 0.0675. The van der Waals surface area contributed by atoms with Gasteiger partial charge >= 0.3 is 6.18 Å². The molecule has 0 aliphatic rings. The van der Waals surface area contributed by atoms with E-state index in [1.807, 2.05) is 0 Å². The lowest BCUT2D eigenvalue weighted by Crippen LogP contribution is -2.08. The molecule has 0 aliphatic heterocycles. The van der Waals surface area contributed by atoms with Crippen LogP contribution >= 0.6 is 11.6 Å². The summed E-state index contributed by atoms with van der Waals surface area (Å²) in [5, 5.41) is 11.6. The zero-order valence-corrected chi connectivity index (χ0v) is 9.78. The lowest BCUT2D eigenvalue weighted by Gasteiger charge is -2.12. The van der Waals surface area contributed by atoms with Gasteiger partial charge in [-0.25, -0.2) is 0 Å². The summed E-state index contributed by atoms with van der Waals surface area (Å²) in [7, 11) is 0. The van der Waals surface area contributed by atoms with Crippen LogP contribution in [0.4, 0.5) is 18.9 Å². The summed E-state index contributed by atoms with van der Waals surface area (Å²) in [6.07, 6.45) is -3.10. The Morgan fingerprint density at radius 1 is 1.24 bits per heavy atom. The number of hydrogen-bond donors (Lipinski definition) is 2. The van der Waals surface area contributed by atoms with Gasteiger partial charge in [-0.1, -0.05) is 11.6 Å². The van der Waals surface area contributed by atoms with Gasteiger partial charge in [0.05, 0.1) is 16.3 Å². The number of rotatable bonds is 5. The van der Waals surface area contributed by atoms with Gasteiger partial charge in [-0.3, -0.25) is 0 Å². The van der Waals surface area contributed by atoms with Crippen molar-refractivity contribution in [3.63, 3.8) is 0 Å². The maximum absolute atomic E-state index is 12.4. The molecule has 2 nitrogen and oxygen atoms in total. The Morgan fingerprint density at radius 2 is 1.94 bits per heavy atom. The molecule has 0 fully saturated rings. The van der Waals surface area contributed by atoms with Gasteiger partial charge < -0.3 is 10.4 Å². The van der Waals surface area contributed by atoms with E-state index in [9.17, 15) is 13.2 Å². The second-order valence-corrected chi connectivity index (χ2v) is 3.96. The fourth-order valence-corrected chi connectivity index (χ4v) is 1.48. The monoisotopic (exact) mass is 267 g/mol. The number of benzene rings is 1. The Labute approximate surface area is 102 Å². The first kappa shape index (κ1) is 14.1. The number of anilines is 1. The summed E-state index contributed by atoms with van der Waals surface area (Å²) in [5.74, 6) is 0. The van der Waals surface area contributed by atoms with Gasteiger partial charge in [-0.05, 0) is 31.0 Å². The number of halogens is 4. The van der Waals surface area contributed by atoms with Crippen LogP contribution in [0.15, 0.2) is 18.2 Å². The van der Waals surface area contributed by atoms with Crippen LogP contribution in [-0.4, -0.2) is 18.3 Å². The third-order valence-corrected chi connectivity index (χ3v) is 2.52. The molecule has 96 valence electrons. The minimum Gasteiger partial charge on any atom is -0.396 e. The Kier molecular flexibility index (Phi) is 5.08. The zero-order chi connectivity index (χ0) is 12.9. The summed E-state index contributed by atoms with van der Waals surface area (Å²) in [6, 6.07) is 3.15. The number of aliphatic hydroxyl groups is 1. The molecule has 6 heteroatoms. The van der Waals surface area contributed by atoms with Gasteiger partial charge in [-0.15, -0.1) is 0 Å². The van der Waals surface area contributed by atoms with Gasteiger partial charge in [0.25, 0.3) is 0 Å². The van der Waals surface area contributed by atoms with Gasteiger partial charge in [-0.2, -0.15) is 13.2 Å². The SMILES string of the molecule is OCCCCNc1cc(C(F)(F)F)ccc1Cl. The summed E-state index contributed by atoms with van der Waals surface area (Å²) in [6.45, 7) is 0.541. The quantitative estimate of drug-likeness (QED) is 0.800. The van der Waals surface area contributed by atoms with Crippen molar-refractivity contribution in [2.75, 3.05) is 18.5 Å². The molecule has 0 saturated heterocycles. The van der Waals surface area contributed by atoms with Crippen molar-refractivity contribution in [2.24, 2.45) is 0 Å². The molecular weight excluding hydrogens is 255 g/mol. The average Bonchev–Trinajstić information content (AvgIpc) is 2.25. The molecule has 0 bridgehead atoms. The van der Waals surface area contributed by atoms with E-state index in [4.69, 9.17) is 16.7 Å². The highest BCUT2D eigenvalue weighted by molar-refractivity contribution is 6.33. The molecule has 0 amide bonds. The topological polar surface area (TPSA) is 32.3 Å². The summed E-state index contributed by atoms with van der Waals surface area (Å²) >= 11 is 5.78. The first-order valence-corrected chi connectivity index (χ1v) is 5.54. The van der Waals surface area contributed by atoms with Crippen molar-refractivity contribution in [3.05, 3.63) is 28.8 Å². The van der Waals surface area contributed by atoms with Crippen LogP contribution in [0, 0.1) is 0 Å². The highest BCUT2D eigenvalue weighted by Crippen LogP contribution is 2.33. The van der Waals surface area contributed by atoms with Crippen LogP contribution in [0.2, 0.25) is 5.02 Å². The molecule has 1 aromatic rings. The second-order valence-electron chi connectivity index (χ2n) is 3.55. The van der Waals surface area contributed by atoms with Crippen LogP contribution in [0.25, 0.3) is 0 Å². The maximum atomic E-state index is 12.4. The van der Waals surface area contributed by atoms with E-state index in [0.717, 1.165) is 12.1 Å². The van der Waals surface area contributed by atoms with E-state index in [2.05, 4.69) is 5.32 Å². The maximum Gasteiger partial charge on any atom is 0.416 e. The van der Waals surface area contributed by atoms with Crippen molar-refractivity contribution in [1.82, 2.24) is 0 Å². The number of unbranched alkanes of at least 4 members (excludes halogenated alkanes) is 1. The van der Waals surface area contributed by atoms with Crippen molar-refractivity contribution < 1.29 is 18.3 Å². The van der Waals surface area contributed by atoms with Crippen LogP contribution in [0.5, 0.6) is 0 Å². The van der Waals surface area contributed by atoms with Crippen molar-refractivity contribution in [1.29, 1.82) is 0 Å². The van der Waals surface area contributed by atoms with Crippen LogP contribution in [0.3, 0.4) is 0 Å². The molecule has 0 unspecified atom stereocenters. The molecule has 1 aromatic carbocycles. The van der Waals surface area contributed by atoms with Crippen molar-refractivity contribution in [2.45, 2.75) is 19.0 Å². The molecular formula is C11H13ClF3NO. The number of nitrogens with one attached hydrogen (secondary N) is 1. The Balaban J connectivity index is 2.70. The zero-order valence-electron chi connectivity index (χ0n) is 9.02. The summed E-state index contributed by atoms with van der Waals surface area (Å²) in [5.41, 5.74) is -0.467. The van der Waals surface area contributed by atoms with E-state index < -0.39 is 11.7 Å². The van der Waals surface area contributed by atoms with Gasteiger partial charge in [0.1, 0.15) is 0 Å². The number of alkyl halides is 3. The van der Waals surface area contributed by atoms with E-state index in [1.165, 1.54) is 6.07 Å². The third-order valence-electron chi connectivity index (χ3n) is 2.19. The van der Waals surface area contributed by atoms with Crippen molar-refractivity contribution in [3.8, 4) is 0 Å². The van der Waals surface area contributed by atoms with Crippen LogP contribution in [-0.2, 0) is 6.18 Å². The molecule has 1 rings (SSSR count). The first-order valence-electron chi connectivity index (χ1n) is 5.16. The molecule has 0 heterocycles. The van der Waals surface area contributed by atoms with Gasteiger partial charge in [0, 0.05) is 13.2 Å². The van der Waals surface area contributed by atoms with Crippen LogP contribution in [0.1, 0.15) is 18.4 Å². The van der Waals surface area contributed by atoms with E-state index >= 15 is 0 Å². The Morgan fingerprint density at radius 3 is 2.53 bits per heavy atom.